The molecule has 2 heteroatoms. The summed E-state index contributed by atoms with van der Waals surface area (Å²) in [7, 11) is 0. The predicted molar refractivity (Wildman–Crippen MR) is 39.0 cm³/mol. The maximum atomic E-state index is 12.0. The second-order valence-corrected chi connectivity index (χ2v) is 2.43. The van der Waals surface area contributed by atoms with Gasteiger partial charge in [-0.15, -0.1) is 0 Å². The molecule has 0 spiro atoms. The lowest BCUT2D eigenvalue weighted by Gasteiger charge is -2.12. The highest BCUT2D eigenvalue weighted by atomic mass is 19.3. The number of halogens is 2. The largest absolute Gasteiger partial charge is 0.241 e. The molecule has 0 aromatic heterocycles. The minimum absolute atomic E-state index is 0.477. The highest BCUT2D eigenvalue weighted by molar-refractivity contribution is 4.76. The molecule has 0 nitrogen and oxygen atoms in total. The molecular weight excluding hydrogens is 134 g/mol. The standard InChI is InChI=1S/C8H15F2/c1-3-5-7(6-4-2)8(9)10/h5,7-8H,3-4,6H2,1-2H3. The van der Waals surface area contributed by atoms with Crippen molar-refractivity contribution < 1.29 is 8.78 Å². The summed E-state index contributed by atoms with van der Waals surface area (Å²) in [6.07, 6.45) is 1.74. The van der Waals surface area contributed by atoms with Crippen molar-refractivity contribution in [2.75, 3.05) is 0 Å². The molecule has 10 heavy (non-hydrogen) atoms. The van der Waals surface area contributed by atoms with Gasteiger partial charge in [0.05, 0.1) is 0 Å². The van der Waals surface area contributed by atoms with Crippen molar-refractivity contribution in [3.63, 3.8) is 0 Å². The molecule has 0 aliphatic carbocycles. The zero-order valence-corrected chi connectivity index (χ0v) is 6.61. The van der Waals surface area contributed by atoms with Gasteiger partial charge in [-0.1, -0.05) is 26.7 Å². The summed E-state index contributed by atoms with van der Waals surface area (Å²) in [5.74, 6) is -0.477. The third kappa shape index (κ3) is 3.80. The lowest BCUT2D eigenvalue weighted by Crippen LogP contribution is -2.10. The van der Waals surface area contributed by atoms with Gasteiger partial charge in [-0.3, -0.25) is 0 Å². The van der Waals surface area contributed by atoms with Crippen LogP contribution in [-0.2, 0) is 0 Å². The van der Waals surface area contributed by atoms with Gasteiger partial charge in [-0.2, -0.15) is 0 Å². The van der Waals surface area contributed by atoms with Gasteiger partial charge in [0, 0.05) is 5.92 Å². The Morgan fingerprint density at radius 2 is 1.90 bits per heavy atom. The summed E-state index contributed by atoms with van der Waals surface area (Å²) in [4.78, 5) is 0. The number of hydrogen-bond acceptors (Lipinski definition) is 0. The highest BCUT2D eigenvalue weighted by Crippen LogP contribution is 2.19. The Balaban J connectivity index is 3.50. The smallest absolute Gasteiger partial charge is 0.210 e. The Morgan fingerprint density at radius 1 is 1.30 bits per heavy atom. The number of rotatable bonds is 5. The van der Waals surface area contributed by atoms with Gasteiger partial charge in [0.2, 0.25) is 6.43 Å². The van der Waals surface area contributed by atoms with E-state index in [2.05, 4.69) is 0 Å². The van der Waals surface area contributed by atoms with Gasteiger partial charge in [0.1, 0.15) is 0 Å². The predicted octanol–water partition coefficient (Wildman–Crippen LogP) is 3.28. The van der Waals surface area contributed by atoms with E-state index in [4.69, 9.17) is 0 Å². The minimum atomic E-state index is -2.17. The molecule has 1 radical (unpaired) electrons. The molecule has 61 valence electrons. The number of alkyl halides is 2. The molecule has 0 fully saturated rings. The monoisotopic (exact) mass is 149 g/mol. The maximum absolute atomic E-state index is 12.0. The van der Waals surface area contributed by atoms with Crippen LogP contribution in [0.25, 0.3) is 0 Å². The van der Waals surface area contributed by atoms with E-state index in [0.29, 0.717) is 6.42 Å². The Hall–Kier alpha value is -0.140. The molecule has 0 amide bonds. The fourth-order valence-corrected chi connectivity index (χ4v) is 0.983. The summed E-state index contributed by atoms with van der Waals surface area (Å²) in [6.45, 7) is 3.82. The Labute approximate surface area is 61.6 Å². The van der Waals surface area contributed by atoms with Crippen LogP contribution < -0.4 is 0 Å². The molecule has 0 aromatic carbocycles. The van der Waals surface area contributed by atoms with Crippen LogP contribution in [0.15, 0.2) is 0 Å². The molecule has 1 unspecified atom stereocenters. The first kappa shape index (κ1) is 9.86. The van der Waals surface area contributed by atoms with Gasteiger partial charge in [0.15, 0.2) is 0 Å². The van der Waals surface area contributed by atoms with E-state index < -0.39 is 12.3 Å². The van der Waals surface area contributed by atoms with Crippen molar-refractivity contribution in [3.8, 4) is 0 Å². The van der Waals surface area contributed by atoms with Crippen LogP contribution in [0.3, 0.4) is 0 Å². The van der Waals surface area contributed by atoms with Crippen molar-refractivity contribution in [1.29, 1.82) is 0 Å². The molecule has 0 aromatic rings. The quantitative estimate of drug-likeness (QED) is 0.562. The minimum Gasteiger partial charge on any atom is -0.210 e. The van der Waals surface area contributed by atoms with Crippen molar-refractivity contribution >= 4 is 0 Å². The Morgan fingerprint density at radius 3 is 2.20 bits per heavy atom. The number of hydrogen-bond donors (Lipinski definition) is 0. The van der Waals surface area contributed by atoms with Crippen molar-refractivity contribution in [3.05, 3.63) is 6.42 Å². The van der Waals surface area contributed by atoms with E-state index in [-0.39, 0.29) is 0 Å². The lowest BCUT2D eigenvalue weighted by atomic mass is 9.99. The first-order valence-corrected chi connectivity index (χ1v) is 3.83. The Kier molecular flexibility index (Phi) is 5.55. The Bertz CT molecular complexity index is 65.7. The van der Waals surface area contributed by atoms with Crippen LogP contribution >= 0.6 is 0 Å². The first-order valence-electron chi connectivity index (χ1n) is 3.83. The van der Waals surface area contributed by atoms with Crippen LogP contribution in [0, 0.1) is 12.3 Å². The van der Waals surface area contributed by atoms with Gasteiger partial charge < -0.3 is 0 Å². The van der Waals surface area contributed by atoms with Crippen LogP contribution in [0.1, 0.15) is 33.1 Å². The highest BCUT2D eigenvalue weighted by Gasteiger charge is 2.17. The second-order valence-electron chi connectivity index (χ2n) is 2.43. The van der Waals surface area contributed by atoms with E-state index in [9.17, 15) is 8.78 Å². The summed E-state index contributed by atoms with van der Waals surface area (Å²) in [6, 6.07) is 0. The van der Waals surface area contributed by atoms with Crippen LogP contribution in [0.2, 0.25) is 0 Å². The molecule has 0 heterocycles. The van der Waals surface area contributed by atoms with Crippen LogP contribution in [0.4, 0.5) is 8.78 Å². The van der Waals surface area contributed by atoms with E-state index in [1.165, 1.54) is 0 Å². The molecule has 0 bridgehead atoms. The molecule has 0 rings (SSSR count). The topological polar surface area (TPSA) is 0 Å². The molecule has 0 aliphatic heterocycles. The van der Waals surface area contributed by atoms with E-state index >= 15 is 0 Å². The van der Waals surface area contributed by atoms with Crippen molar-refractivity contribution in [2.45, 2.75) is 39.5 Å². The SMILES string of the molecule is CC[CH]C(CCC)C(F)F. The van der Waals surface area contributed by atoms with Crippen LogP contribution in [-0.4, -0.2) is 6.43 Å². The summed E-state index contributed by atoms with van der Waals surface area (Å²) in [5.41, 5.74) is 0. The molecular formula is C8H15F2. The fourth-order valence-electron chi connectivity index (χ4n) is 0.983. The van der Waals surface area contributed by atoms with Gasteiger partial charge in [-0.05, 0) is 12.8 Å². The second kappa shape index (κ2) is 5.63. The molecule has 0 saturated carbocycles. The van der Waals surface area contributed by atoms with E-state index in [0.717, 1.165) is 12.8 Å². The third-order valence-corrected chi connectivity index (χ3v) is 1.48. The molecule has 0 aliphatic rings. The summed E-state index contributed by atoms with van der Waals surface area (Å²) >= 11 is 0. The first-order chi connectivity index (χ1) is 4.72. The normalized spacial score (nSPS) is 11.4. The third-order valence-electron chi connectivity index (χ3n) is 1.48. The van der Waals surface area contributed by atoms with Gasteiger partial charge in [0.25, 0.3) is 0 Å². The molecule has 0 saturated heterocycles. The molecule has 1 atom stereocenters. The van der Waals surface area contributed by atoms with Gasteiger partial charge >= 0.3 is 0 Å². The zero-order valence-electron chi connectivity index (χ0n) is 6.61. The van der Waals surface area contributed by atoms with E-state index in [1.54, 1.807) is 6.42 Å². The maximum Gasteiger partial charge on any atom is 0.241 e. The van der Waals surface area contributed by atoms with Crippen molar-refractivity contribution in [1.82, 2.24) is 0 Å². The zero-order chi connectivity index (χ0) is 7.98. The van der Waals surface area contributed by atoms with Crippen LogP contribution in [0.5, 0.6) is 0 Å². The summed E-state index contributed by atoms with van der Waals surface area (Å²) < 4.78 is 24.1. The summed E-state index contributed by atoms with van der Waals surface area (Å²) in [5, 5.41) is 0. The van der Waals surface area contributed by atoms with Gasteiger partial charge in [-0.25, -0.2) is 8.78 Å². The fraction of sp³-hybridized carbons (Fsp3) is 0.875. The average Bonchev–Trinajstić information content (AvgIpc) is 1.87. The van der Waals surface area contributed by atoms with Crippen molar-refractivity contribution in [2.24, 2.45) is 5.92 Å². The van der Waals surface area contributed by atoms with E-state index in [1.807, 2.05) is 13.8 Å². The lowest BCUT2D eigenvalue weighted by molar-refractivity contribution is 0.0866. The average molecular weight is 149 g/mol. The molecule has 0 N–H and O–H groups in total.